The predicted octanol–water partition coefficient (Wildman–Crippen LogP) is 14.6. The molecule has 9 aromatic carbocycles. The van der Waals surface area contributed by atoms with Crippen molar-refractivity contribution in [2.45, 2.75) is 0 Å². The average Bonchev–Trinajstić information content (AvgIpc) is 3.78. The number of benzene rings is 9. The van der Waals surface area contributed by atoms with Crippen molar-refractivity contribution in [3.05, 3.63) is 206 Å². The Balaban J connectivity index is 1.04. The minimum atomic E-state index is 0.920. The number of fused-ring (bicyclic) bond motifs is 7. The number of rotatable bonds is 6. The Bertz CT molecular complexity index is 3190. The summed E-state index contributed by atoms with van der Waals surface area (Å²) in [7, 11) is 0. The number of hydrogen-bond acceptors (Lipinski definition) is 2. The lowest BCUT2D eigenvalue weighted by Crippen LogP contribution is -2.10. The van der Waals surface area contributed by atoms with Crippen molar-refractivity contribution >= 4 is 71.6 Å². The maximum Gasteiger partial charge on any atom is 0.136 e. The van der Waals surface area contributed by atoms with Gasteiger partial charge in [-0.15, -0.1) is 0 Å². The third kappa shape index (κ3) is 5.28. The van der Waals surface area contributed by atoms with Crippen LogP contribution in [0.15, 0.2) is 211 Å². The molecule has 0 radical (unpaired) electrons. The van der Waals surface area contributed by atoms with Gasteiger partial charge in [0.2, 0.25) is 0 Å². The molecule has 0 N–H and O–H groups in total. The molecule has 0 spiro atoms. The summed E-state index contributed by atoms with van der Waals surface area (Å²) in [4.78, 5) is 2.38. The maximum absolute atomic E-state index is 6.18. The molecule has 0 unspecified atom stereocenters. The summed E-state index contributed by atoms with van der Waals surface area (Å²) in [6.45, 7) is 0. The van der Waals surface area contributed by atoms with Crippen LogP contribution in [0, 0.1) is 0 Å². The monoisotopic (exact) mass is 702 g/mol. The molecular weight excluding hydrogens is 669 g/mol. The summed E-state index contributed by atoms with van der Waals surface area (Å²) in [5, 5.41) is 7.10. The summed E-state index contributed by atoms with van der Waals surface area (Å²) in [6.07, 6.45) is 0. The highest BCUT2D eigenvalue weighted by molar-refractivity contribution is 6.12. The maximum atomic E-state index is 6.18. The van der Waals surface area contributed by atoms with E-state index in [2.05, 4.69) is 204 Å². The van der Waals surface area contributed by atoms with E-state index in [9.17, 15) is 0 Å². The smallest absolute Gasteiger partial charge is 0.136 e. The summed E-state index contributed by atoms with van der Waals surface area (Å²) >= 11 is 0. The molecule has 0 saturated heterocycles. The van der Waals surface area contributed by atoms with Gasteiger partial charge in [-0.25, -0.2) is 0 Å². The molecule has 0 aliphatic rings. The van der Waals surface area contributed by atoms with E-state index < -0.39 is 0 Å². The van der Waals surface area contributed by atoms with E-state index >= 15 is 0 Å². The summed E-state index contributed by atoms with van der Waals surface area (Å²) in [6, 6.07) is 74.1. The van der Waals surface area contributed by atoms with Crippen LogP contribution in [0.5, 0.6) is 0 Å². The van der Waals surface area contributed by atoms with Crippen LogP contribution in [0.3, 0.4) is 0 Å². The fourth-order valence-electron chi connectivity index (χ4n) is 8.31. The number of hydrogen-bond donors (Lipinski definition) is 0. The van der Waals surface area contributed by atoms with Crippen LogP contribution >= 0.6 is 0 Å². The molecule has 2 heterocycles. The molecule has 3 heteroatoms. The fourth-order valence-corrected chi connectivity index (χ4v) is 8.31. The molecule has 11 aromatic rings. The lowest BCUT2D eigenvalue weighted by Gasteiger charge is -2.26. The predicted molar refractivity (Wildman–Crippen MR) is 231 cm³/mol. The molecule has 0 amide bonds. The molecule has 0 fully saturated rings. The van der Waals surface area contributed by atoms with Crippen LogP contribution in [0.25, 0.3) is 82.5 Å². The Morgan fingerprint density at radius 2 is 0.964 bits per heavy atom. The summed E-state index contributed by atoms with van der Waals surface area (Å²) in [5.41, 5.74) is 13.4. The molecule has 55 heavy (non-hydrogen) atoms. The lowest BCUT2D eigenvalue weighted by molar-refractivity contribution is 0.669. The van der Waals surface area contributed by atoms with Gasteiger partial charge in [-0.1, -0.05) is 121 Å². The molecular formula is C52H34N2O. The second-order valence-electron chi connectivity index (χ2n) is 14.2. The van der Waals surface area contributed by atoms with Crippen LogP contribution in [0.1, 0.15) is 0 Å². The van der Waals surface area contributed by atoms with Gasteiger partial charge < -0.3 is 13.9 Å². The minimum absolute atomic E-state index is 0.920. The van der Waals surface area contributed by atoms with E-state index in [1.54, 1.807) is 0 Å². The molecule has 11 rings (SSSR count). The molecule has 0 atom stereocenters. The second kappa shape index (κ2) is 12.6. The quantitative estimate of drug-likeness (QED) is 0.172. The van der Waals surface area contributed by atoms with Crippen LogP contribution in [0.2, 0.25) is 0 Å². The van der Waals surface area contributed by atoms with Crippen molar-refractivity contribution in [3.63, 3.8) is 0 Å². The van der Waals surface area contributed by atoms with E-state index in [1.807, 2.05) is 12.1 Å². The number of para-hydroxylation sites is 3. The largest absolute Gasteiger partial charge is 0.456 e. The zero-order chi connectivity index (χ0) is 36.3. The van der Waals surface area contributed by atoms with Gasteiger partial charge in [-0.2, -0.15) is 0 Å². The number of furan rings is 1. The van der Waals surface area contributed by atoms with Gasteiger partial charge in [0.15, 0.2) is 0 Å². The third-order valence-corrected chi connectivity index (χ3v) is 10.9. The zero-order valence-electron chi connectivity index (χ0n) is 29.9. The van der Waals surface area contributed by atoms with Crippen molar-refractivity contribution in [1.29, 1.82) is 0 Å². The number of aromatic nitrogens is 1. The normalized spacial score (nSPS) is 11.6. The first-order valence-corrected chi connectivity index (χ1v) is 18.7. The molecule has 0 aliphatic carbocycles. The second-order valence-corrected chi connectivity index (χ2v) is 14.2. The molecule has 0 bridgehead atoms. The first kappa shape index (κ1) is 31.2. The van der Waals surface area contributed by atoms with Crippen LogP contribution in [-0.2, 0) is 0 Å². The van der Waals surface area contributed by atoms with Crippen molar-refractivity contribution in [1.82, 2.24) is 4.57 Å². The molecule has 3 nitrogen and oxygen atoms in total. The standard InChI is InChI=1S/C52H34N2O/c1-3-12-35(13-4-1)37-14-11-17-43(31-37)53(44-28-29-50-47(34-44)45-18-7-9-20-49(45)54(50)41-15-5-2-6-16-41)42-26-24-36(25-27-42)38-22-23-39-33-52-48(32-40(39)30-38)46-19-8-10-21-51(46)55-52/h1-34H. The van der Waals surface area contributed by atoms with Crippen molar-refractivity contribution in [3.8, 4) is 27.9 Å². The SMILES string of the molecule is c1ccc(-c2cccc(N(c3ccc(-c4ccc5cc6oc7ccccc7c6cc5c4)cc3)c3ccc4c(c3)c3ccccc3n4-c3ccccc3)c2)cc1. The Morgan fingerprint density at radius 1 is 0.327 bits per heavy atom. The molecule has 0 aliphatic heterocycles. The average molecular weight is 703 g/mol. The first-order valence-electron chi connectivity index (χ1n) is 18.7. The van der Waals surface area contributed by atoms with E-state index in [0.29, 0.717) is 0 Å². The van der Waals surface area contributed by atoms with Crippen LogP contribution in [-0.4, -0.2) is 4.57 Å². The molecule has 258 valence electrons. The van der Waals surface area contributed by atoms with Crippen LogP contribution < -0.4 is 4.90 Å². The lowest BCUT2D eigenvalue weighted by atomic mass is 9.99. The Morgan fingerprint density at radius 3 is 1.82 bits per heavy atom. The minimum Gasteiger partial charge on any atom is -0.456 e. The zero-order valence-corrected chi connectivity index (χ0v) is 29.9. The van der Waals surface area contributed by atoms with Gasteiger partial charge >= 0.3 is 0 Å². The number of anilines is 3. The van der Waals surface area contributed by atoms with Gasteiger partial charge in [0, 0.05) is 44.3 Å². The third-order valence-electron chi connectivity index (χ3n) is 10.9. The Kier molecular flexibility index (Phi) is 7.17. The van der Waals surface area contributed by atoms with Gasteiger partial charge in [0.05, 0.1) is 11.0 Å². The van der Waals surface area contributed by atoms with Gasteiger partial charge in [0.25, 0.3) is 0 Å². The van der Waals surface area contributed by atoms with Crippen LogP contribution in [0.4, 0.5) is 17.1 Å². The summed E-state index contributed by atoms with van der Waals surface area (Å²) < 4.78 is 8.54. The Hall–Kier alpha value is -7.36. The number of nitrogens with zero attached hydrogens (tertiary/aromatic N) is 2. The molecule has 2 aromatic heterocycles. The highest BCUT2D eigenvalue weighted by Gasteiger charge is 2.18. The highest BCUT2D eigenvalue weighted by Crippen LogP contribution is 2.41. The van der Waals surface area contributed by atoms with Gasteiger partial charge in [-0.05, 0) is 118 Å². The van der Waals surface area contributed by atoms with Crippen molar-refractivity contribution < 1.29 is 4.42 Å². The van der Waals surface area contributed by atoms with E-state index in [-0.39, 0.29) is 0 Å². The highest BCUT2D eigenvalue weighted by atomic mass is 16.3. The van der Waals surface area contributed by atoms with Crippen molar-refractivity contribution in [2.24, 2.45) is 0 Å². The molecule has 0 saturated carbocycles. The van der Waals surface area contributed by atoms with E-state index in [0.717, 1.165) is 44.7 Å². The summed E-state index contributed by atoms with van der Waals surface area (Å²) in [5.74, 6) is 0. The first-order chi connectivity index (χ1) is 27.2. The van der Waals surface area contributed by atoms with Gasteiger partial charge in [-0.3, -0.25) is 0 Å². The fraction of sp³-hybridized carbons (Fsp3) is 0. The topological polar surface area (TPSA) is 21.3 Å². The van der Waals surface area contributed by atoms with Gasteiger partial charge in [0.1, 0.15) is 11.2 Å². The Labute approximate surface area is 318 Å². The van der Waals surface area contributed by atoms with Crippen molar-refractivity contribution in [2.75, 3.05) is 4.90 Å². The van der Waals surface area contributed by atoms with E-state index in [4.69, 9.17) is 4.42 Å². The van der Waals surface area contributed by atoms with E-state index in [1.165, 1.54) is 54.8 Å².